The van der Waals surface area contributed by atoms with E-state index in [0.717, 1.165) is 165 Å². The normalized spacial score (nSPS) is 12.2. The molecule has 0 unspecified atom stereocenters. The lowest BCUT2D eigenvalue weighted by atomic mass is 9.91. The molecule has 0 saturated heterocycles. The van der Waals surface area contributed by atoms with Crippen molar-refractivity contribution in [2.75, 3.05) is 0 Å². The lowest BCUT2D eigenvalue weighted by Crippen LogP contribution is -2.08. The van der Waals surface area contributed by atoms with Gasteiger partial charge in [0.2, 0.25) is 0 Å². The zero-order valence-electron chi connectivity index (χ0n) is 55.3. The molecule has 0 N–H and O–H groups in total. The van der Waals surface area contributed by atoms with Crippen LogP contribution >= 0.6 is 0 Å². The van der Waals surface area contributed by atoms with Crippen molar-refractivity contribution in [1.29, 1.82) is 10.5 Å². The van der Waals surface area contributed by atoms with Gasteiger partial charge in [-0.3, -0.25) is 0 Å². The molecule has 0 aliphatic rings. The summed E-state index contributed by atoms with van der Waals surface area (Å²) >= 11 is 0. The topological polar surface area (TPSA) is 77.2 Å². The van der Waals surface area contributed by atoms with Crippen LogP contribution in [0, 0.1) is 22.7 Å². The number of hydrogen-bond donors (Lipinski definition) is 0. The number of benzene rings is 15. The molecule has 0 amide bonds. The van der Waals surface area contributed by atoms with Crippen molar-refractivity contribution in [3.8, 4) is 68.5 Å². The van der Waals surface area contributed by atoms with E-state index in [9.17, 15) is 10.5 Å². The summed E-state index contributed by atoms with van der Waals surface area (Å²) < 4.78 is 60.7. The molecule has 0 bridgehead atoms. The lowest BCUT2D eigenvalue weighted by Gasteiger charge is -2.20. The summed E-state index contributed by atoms with van der Waals surface area (Å²) in [5.74, 6) is 0. The average Bonchev–Trinajstić information content (AvgIpc) is 1.55. The highest BCUT2D eigenvalue weighted by Gasteiger charge is 2.35. The second-order valence-corrected chi connectivity index (χ2v) is 26.9. The molecule has 0 spiro atoms. The van der Waals surface area contributed by atoms with Crippen molar-refractivity contribution in [2.24, 2.45) is 0 Å². The Morgan fingerprint density at radius 2 is 0.529 bits per heavy atom. The fraction of sp³-hybridized carbons (Fsp3) is 0.0108. The Kier molecular flexibility index (Phi) is 12.5. The minimum Gasteiger partial charge on any atom is -0.309 e. The summed E-state index contributed by atoms with van der Waals surface area (Å²) in [6.07, 6.45) is -4.83. The fourth-order valence-corrected chi connectivity index (χ4v) is 17.1. The second kappa shape index (κ2) is 22.2. The van der Waals surface area contributed by atoms with Crippen LogP contribution in [0.25, 0.3) is 187 Å². The molecule has 8 nitrogen and oxygen atoms in total. The van der Waals surface area contributed by atoms with E-state index in [-0.39, 0.29) is 16.7 Å². The number of aromatic nitrogens is 6. The van der Waals surface area contributed by atoms with Gasteiger partial charge in [0, 0.05) is 104 Å². The van der Waals surface area contributed by atoms with E-state index in [2.05, 4.69) is 300 Å². The molecule has 21 aromatic rings. The SMILES string of the molecule is N#Cc1ccc(-c2ccc(-n3c4ccc(-n5c6ccccc6c6ccccc65)cc4c4cc(-n5c6ccccc6c6ccccc65)ccc43)c(-c3cc(-n4c5ccc(-n6c7ccccc7c7ccccc76)cc5c5cc(-n6c7ccccc7c7ccccc76)ccc54)ccc3C#N)c2)c(C(F)(F)F)c1. The van der Waals surface area contributed by atoms with Gasteiger partial charge in [-0.1, -0.05) is 158 Å². The van der Waals surface area contributed by atoms with Gasteiger partial charge in [0.15, 0.2) is 0 Å². The first-order valence-electron chi connectivity index (χ1n) is 34.6. The Labute approximate surface area is 591 Å². The smallest absolute Gasteiger partial charge is 0.309 e. The lowest BCUT2D eigenvalue weighted by molar-refractivity contribution is -0.137. The Morgan fingerprint density at radius 1 is 0.231 bits per heavy atom. The summed E-state index contributed by atoms with van der Waals surface area (Å²) in [4.78, 5) is 0. The molecule has 15 aromatic carbocycles. The van der Waals surface area contributed by atoms with Crippen molar-refractivity contribution in [3.63, 3.8) is 0 Å². The van der Waals surface area contributed by atoms with Crippen molar-refractivity contribution in [3.05, 3.63) is 338 Å². The molecule has 0 atom stereocenters. The third-order valence-corrected chi connectivity index (χ3v) is 21.5. The van der Waals surface area contributed by atoms with E-state index in [1.807, 2.05) is 30.3 Å². The third kappa shape index (κ3) is 8.53. The maximum Gasteiger partial charge on any atom is 0.417 e. The van der Waals surface area contributed by atoms with Gasteiger partial charge in [-0.2, -0.15) is 23.7 Å². The summed E-state index contributed by atoms with van der Waals surface area (Å²) in [7, 11) is 0. The van der Waals surface area contributed by atoms with Gasteiger partial charge in [-0.05, 0) is 175 Å². The number of hydrogen-bond acceptors (Lipinski definition) is 2. The summed E-state index contributed by atoms with van der Waals surface area (Å²) in [6.45, 7) is 0. The Bertz CT molecular complexity index is 6840. The molecular formula is C93H53F3N8. The molecule has 0 radical (unpaired) electrons. The standard InChI is InChI=1S/C93H53F3N8/c94-93(95,96)79-47-56(54-97)33-41-64(79)57-35-42-90(104-91-45-39-62(101-84-29-13-5-21-69(84)70-22-6-14-30-85(70)101)52-77(91)78-53-63(40-46-92(78)104)102-86-31-15-7-23-71(86)72-24-8-16-32-87(72)102)74(48-57)73-49-59(36-34-58(73)55-98)103-88-43-37-60(99-80-25-9-1-17-65(80)66-18-2-10-26-81(66)99)50-75(88)76-51-61(38-44-89(76)103)100-82-27-11-3-19-67(82)68-20-4-12-28-83(68)100/h1-53H. The Morgan fingerprint density at radius 3 is 0.846 bits per heavy atom. The molecule has 6 aromatic heterocycles. The van der Waals surface area contributed by atoms with Crippen molar-refractivity contribution in [1.82, 2.24) is 27.4 Å². The van der Waals surface area contributed by atoms with Crippen LogP contribution in [-0.2, 0) is 6.18 Å². The van der Waals surface area contributed by atoms with E-state index in [0.29, 0.717) is 22.4 Å². The molecule has 6 heterocycles. The van der Waals surface area contributed by atoms with Crippen LogP contribution in [-0.4, -0.2) is 27.4 Å². The van der Waals surface area contributed by atoms with Crippen LogP contribution in [0.4, 0.5) is 13.2 Å². The van der Waals surface area contributed by atoms with E-state index in [4.69, 9.17) is 0 Å². The molecule has 0 fully saturated rings. The number of para-hydroxylation sites is 8. The van der Waals surface area contributed by atoms with E-state index >= 15 is 13.2 Å². The number of rotatable bonds is 8. The summed E-state index contributed by atoms with van der Waals surface area (Å²) in [5, 5.41) is 34.6. The average molecular weight is 1340 g/mol. The molecule has 0 saturated carbocycles. The van der Waals surface area contributed by atoms with Crippen LogP contribution in [0.1, 0.15) is 16.7 Å². The maximum atomic E-state index is 15.6. The van der Waals surface area contributed by atoms with Gasteiger partial charge >= 0.3 is 6.18 Å². The van der Waals surface area contributed by atoms with Gasteiger partial charge in [0.1, 0.15) is 0 Å². The quantitative estimate of drug-likeness (QED) is 0.152. The molecule has 104 heavy (non-hydrogen) atoms. The molecule has 486 valence electrons. The molecule has 0 aliphatic carbocycles. The Hall–Kier alpha value is -14.1. The largest absolute Gasteiger partial charge is 0.417 e. The fourth-order valence-electron chi connectivity index (χ4n) is 17.1. The van der Waals surface area contributed by atoms with Crippen LogP contribution < -0.4 is 0 Å². The van der Waals surface area contributed by atoms with E-state index in [1.165, 1.54) is 12.1 Å². The number of nitrogens with zero attached hydrogens (tertiary/aromatic N) is 8. The first kappa shape index (κ1) is 58.8. The molecular weight excluding hydrogens is 1290 g/mol. The van der Waals surface area contributed by atoms with Crippen LogP contribution in [0.2, 0.25) is 0 Å². The number of nitriles is 2. The predicted octanol–water partition coefficient (Wildman–Crippen LogP) is 24.4. The third-order valence-electron chi connectivity index (χ3n) is 21.5. The van der Waals surface area contributed by atoms with Crippen LogP contribution in [0.5, 0.6) is 0 Å². The Balaban J connectivity index is 0.840. The van der Waals surface area contributed by atoms with Gasteiger partial charge in [0.05, 0.1) is 101 Å². The van der Waals surface area contributed by atoms with Crippen LogP contribution in [0.3, 0.4) is 0 Å². The van der Waals surface area contributed by atoms with Gasteiger partial charge < -0.3 is 27.4 Å². The number of halogens is 3. The number of fused-ring (bicyclic) bond motifs is 18. The summed E-state index contributed by atoms with van der Waals surface area (Å²) in [5.41, 5.74) is 17.7. The monoisotopic (exact) mass is 1340 g/mol. The highest BCUT2D eigenvalue weighted by molar-refractivity contribution is 6.17. The van der Waals surface area contributed by atoms with Gasteiger partial charge in [-0.25, -0.2) is 0 Å². The highest BCUT2D eigenvalue weighted by Crippen LogP contribution is 2.47. The predicted molar refractivity (Wildman–Crippen MR) is 418 cm³/mol. The minimum absolute atomic E-state index is 0.103. The molecule has 11 heteroatoms. The first-order chi connectivity index (χ1) is 51.1. The van der Waals surface area contributed by atoms with Crippen LogP contribution in [0.15, 0.2) is 322 Å². The number of alkyl halides is 3. The minimum atomic E-state index is -4.83. The van der Waals surface area contributed by atoms with Crippen molar-refractivity contribution >= 4 is 131 Å². The zero-order valence-corrected chi connectivity index (χ0v) is 55.3. The highest BCUT2D eigenvalue weighted by atomic mass is 19.4. The molecule has 21 rings (SSSR count). The van der Waals surface area contributed by atoms with Gasteiger partial charge in [0.25, 0.3) is 0 Å². The van der Waals surface area contributed by atoms with Gasteiger partial charge in [-0.15, -0.1) is 0 Å². The first-order valence-corrected chi connectivity index (χ1v) is 34.6. The van der Waals surface area contributed by atoms with E-state index in [1.54, 1.807) is 12.1 Å². The second-order valence-electron chi connectivity index (χ2n) is 26.9. The van der Waals surface area contributed by atoms with Crippen molar-refractivity contribution in [2.45, 2.75) is 6.18 Å². The zero-order chi connectivity index (χ0) is 69.2. The molecule has 0 aliphatic heterocycles. The van der Waals surface area contributed by atoms with Crippen molar-refractivity contribution < 1.29 is 13.2 Å². The summed E-state index contributed by atoms with van der Waals surface area (Å²) in [6, 6.07) is 114. The maximum absolute atomic E-state index is 15.6. The van der Waals surface area contributed by atoms with E-state index < -0.39 is 11.7 Å².